The summed E-state index contributed by atoms with van der Waals surface area (Å²) >= 11 is 3.26. The van der Waals surface area contributed by atoms with Crippen LogP contribution in [0.4, 0.5) is 0 Å². The Labute approximate surface area is 126 Å². The fourth-order valence-electron chi connectivity index (χ4n) is 2.32. The standard InChI is InChI=1S/C16H15BrO3/c17-11-16(20,13-9-5-2-6-10-13)14(15(18)19)12-7-3-1-4-8-12/h1-10,14,20H,11H2,(H,18,19). The molecule has 2 atom stereocenters. The molecule has 0 aliphatic heterocycles. The smallest absolute Gasteiger partial charge is 0.314 e. The number of carbonyl (C=O) groups is 1. The van der Waals surface area contributed by atoms with Crippen molar-refractivity contribution in [1.82, 2.24) is 0 Å². The van der Waals surface area contributed by atoms with E-state index in [9.17, 15) is 15.0 Å². The van der Waals surface area contributed by atoms with Gasteiger partial charge < -0.3 is 10.2 Å². The highest BCUT2D eigenvalue weighted by Gasteiger charge is 2.43. The third-order valence-electron chi connectivity index (χ3n) is 3.33. The molecule has 0 radical (unpaired) electrons. The first-order chi connectivity index (χ1) is 9.59. The van der Waals surface area contributed by atoms with Gasteiger partial charge in [0.15, 0.2) is 0 Å². The molecule has 2 aromatic rings. The zero-order valence-electron chi connectivity index (χ0n) is 10.7. The van der Waals surface area contributed by atoms with Crippen molar-refractivity contribution in [1.29, 1.82) is 0 Å². The molecule has 2 N–H and O–H groups in total. The molecular weight excluding hydrogens is 320 g/mol. The van der Waals surface area contributed by atoms with E-state index < -0.39 is 17.5 Å². The lowest BCUT2D eigenvalue weighted by Crippen LogP contribution is -2.39. The minimum Gasteiger partial charge on any atom is -0.481 e. The maximum absolute atomic E-state index is 11.7. The fourth-order valence-corrected chi connectivity index (χ4v) is 2.96. The molecule has 0 aromatic heterocycles. The third-order valence-corrected chi connectivity index (χ3v) is 4.19. The molecule has 0 fully saturated rings. The Balaban J connectivity index is 2.54. The molecule has 2 rings (SSSR count). The zero-order valence-corrected chi connectivity index (χ0v) is 12.3. The van der Waals surface area contributed by atoms with Crippen LogP contribution in [0.2, 0.25) is 0 Å². The molecule has 0 heterocycles. The van der Waals surface area contributed by atoms with Crippen LogP contribution in [0.3, 0.4) is 0 Å². The molecule has 2 unspecified atom stereocenters. The van der Waals surface area contributed by atoms with Crippen molar-refractivity contribution in [2.75, 3.05) is 5.33 Å². The van der Waals surface area contributed by atoms with E-state index in [2.05, 4.69) is 15.9 Å². The predicted molar refractivity (Wildman–Crippen MR) is 81.0 cm³/mol. The van der Waals surface area contributed by atoms with Crippen LogP contribution in [0.1, 0.15) is 17.0 Å². The maximum atomic E-state index is 11.7. The highest BCUT2D eigenvalue weighted by molar-refractivity contribution is 9.09. The van der Waals surface area contributed by atoms with Crippen molar-refractivity contribution in [3.05, 3.63) is 71.8 Å². The molecule has 0 saturated carbocycles. The SMILES string of the molecule is O=C(O)C(c1ccccc1)C(O)(CBr)c1ccccc1. The summed E-state index contributed by atoms with van der Waals surface area (Å²) in [6.45, 7) is 0. The van der Waals surface area contributed by atoms with Crippen LogP contribution >= 0.6 is 15.9 Å². The summed E-state index contributed by atoms with van der Waals surface area (Å²) in [5, 5.41) is 20.7. The number of alkyl halides is 1. The minimum absolute atomic E-state index is 0.135. The average Bonchev–Trinajstić information content (AvgIpc) is 2.49. The summed E-state index contributed by atoms with van der Waals surface area (Å²) in [7, 11) is 0. The van der Waals surface area contributed by atoms with E-state index in [-0.39, 0.29) is 5.33 Å². The molecule has 0 spiro atoms. The number of benzene rings is 2. The topological polar surface area (TPSA) is 57.5 Å². The minimum atomic E-state index is -1.51. The monoisotopic (exact) mass is 334 g/mol. The zero-order chi connectivity index (χ0) is 14.6. The highest BCUT2D eigenvalue weighted by atomic mass is 79.9. The van der Waals surface area contributed by atoms with Gasteiger partial charge in [0.1, 0.15) is 11.5 Å². The Hall–Kier alpha value is -1.65. The lowest BCUT2D eigenvalue weighted by molar-refractivity contribution is -0.145. The van der Waals surface area contributed by atoms with Gasteiger partial charge in [-0.3, -0.25) is 4.79 Å². The molecule has 0 bridgehead atoms. The predicted octanol–water partition coefficient (Wildman–Crippen LogP) is 3.14. The van der Waals surface area contributed by atoms with E-state index in [0.717, 1.165) is 0 Å². The van der Waals surface area contributed by atoms with Gasteiger partial charge in [0.2, 0.25) is 0 Å². The van der Waals surface area contributed by atoms with Gasteiger partial charge in [-0.1, -0.05) is 76.6 Å². The molecular formula is C16H15BrO3. The van der Waals surface area contributed by atoms with Crippen molar-refractivity contribution in [2.45, 2.75) is 11.5 Å². The maximum Gasteiger partial charge on any atom is 0.314 e. The quantitative estimate of drug-likeness (QED) is 0.826. The lowest BCUT2D eigenvalue weighted by atomic mass is 9.78. The van der Waals surface area contributed by atoms with Crippen molar-refractivity contribution >= 4 is 21.9 Å². The van der Waals surface area contributed by atoms with E-state index in [1.54, 1.807) is 48.5 Å². The summed E-state index contributed by atoms with van der Waals surface area (Å²) in [5.41, 5.74) is -0.354. The van der Waals surface area contributed by atoms with Crippen LogP contribution in [0.15, 0.2) is 60.7 Å². The molecule has 2 aromatic carbocycles. The third kappa shape index (κ3) is 2.76. The largest absolute Gasteiger partial charge is 0.481 e. The first-order valence-corrected chi connectivity index (χ1v) is 7.33. The fraction of sp³-hybridized carbons (Fsp3) is 0.188. The molecule has 104 valence electrons. The van der Waals surface area contributed by atoms with E-state index in [4.69, 9.17) is 0 Å². The van der Waals surface area contributed by atoms with E-state index in [0.29, 0.717) is 11.1 Å². The number of carboxylic acids is 1. The lowest BCUT2D eigenvalue weighted by Gasteiger charge is -2.33. The van der Waals surface area contributed by atoms with Crippen molar-refractivity contribution < 1.29 is 15.0 Å². The number of hydrogen-bond donors (Lipinski definition) is 2. The van der Waals surface area contributed by atoms with Crippen molar-refractivity contribution in [3.63, 3.8) is 0 Å². The number of rotatable bonds is 5. The summed E-state index contributed by atoms with van der Waals surface area (Å²) in [6, 6.07) is 17.7. The molecule has 0 saturated heterocycles. The second-order valence-corrected chi connectivity index (χ2v) is 5.17. The Kier molecular flexibility index (Phi) is 4.57. The number of aliphatic carboxylic acids is 1. The van der Waals surface area contributed by atoms with Crippen LogP contribution < -0.4 is 0 Å². The number of aliphatic hydroxyl groups is 1. The van der Waals surface area contributed by atoms with Gasteiger partial charge in [-0.05, 0) is 11.1 Å². The summed E-state index contributed by atoms with van der Waals surface area (Å²) in [4.78, 5) is 11.7. The van der Waals surface area contributed by atoms with Gasteiger partial charge >= 0.3 is 5.97 Å². The van der Waals surface area contributed by atoms with Gasteiger partial charge in [-0.15, -0.1) is 0 Å². The summed E-state index contributed by atoms with van der Waals surface area (Å²) < 4.78 is 0. The molecule has 3 nitrogen and oxygen atoms in total. The Morgan fingerprint density at radius 3 is 2.00 bits per heavy atom. The normalized spacial score (nSPS) is 15.3. The van der Waals surface area contributed by atoms with Gasteiger partial charge in [-0.25, -0.2) is 0 Å². The van der Waals surface area contributed by atoms with Gasteiger partial charge in [-0.2, -0.15) is 0 Å². The van der Waals surface area contributed by atoms with Crippen LogP contribution in [0.25, 0.3) is 0 Å². The van der Waals surface area contributed by atoms with Crippen LogP contribution in [-0.2, 0) is 10.4 Å². The van der Waals surface area contributed by atoms with Gasteiger partial charge in [0, 0.05) is 5.33 Å². The number of halogens is 1. The van der Waals surface area contributed by atoms with E-state index >= 15 is 0 Å². The highest BCUT2D eigenvalue weighted by Crippen LogP contribution is 2.38. The number of hydrogen-bond acceptors (Lipinski definition) is 2. The molecule has 0 aliphatic rings. The van der Waals surface area contributed by atoms with Crippen LogP contribution in [0, 0.1) is 0 Å². The summed E-state index contributed by atoms with van der Waals surface area (Å²) in [6.07, 6.45) is 0. The second-order valence-electron chi connectivity index (χ2n) is 4.61. The number of carboxylic acid groups (broad SMARTS) is 1. The van der Waals surface area contributed by atoms with Crippen LogP contribution in [0.5, 0.6) is 0 Å². The van der Waals surface area contributed by atoms with Crippen molar-refractivity contribution in [3.8, 4) is 0 Å². The van der Waals surface area contributed by atoms with E-state index in [1.165, 1.54) is 0 Å². The van der Waals surface area contributed by atoms with E-state index in [1.807, 2.05) is 12.1 Å². The first-order valence-electron chi connectivity index (χ1n) is 6.21. The second kappa shape index (κ2) is 6.20. The van der Waals surface area contributed by atoms with Crippen LogP contribution in [-0.4, -0.2) is 21.5 Å². The average molecular weight is 335 g/mol. The molecule has 0 amide bonds. The van der Waals surface area contributed by atoms with Gasteiger partial charge in [0.05, 0.1) is 0 Å². The Morgan fingerprint density at radius 1 is 1.05 bits per heavy atom. The molecule has 4 heteroatoms. The Morgan fingerprint density at radius 2 is 1.55 bits per heavy atom. The Bertz CT molecular complexity index is 571. The molecule has 20 heavy (non-hydrogen) atoms. The first kappa shape index (κ1) is 14.8. The summed E-state index contributed by atoms with van der Waals surface area (Å²) in [5.74, 6) is -2.09. The van der Waals surface area contributed by atoms with Crippen molar-refractivity contribution in [2.24, 2.45) is 0 Å². The van der Waals surface area contributed by atoms with Gasteiger partial charge in [0.25, 0.3) is 0 Å². The molecule has 0 aliphatic carbocycles.